The number of amides is 1. The molecule has 0 aliphatic rings. The summed E-state index contributed by atoms with van der Waals surface area (Å²) in [5.41, 5.74) is -4.65. The van der Waals surface area contributed by atoms with Crippen molar-refractivity contribution in [2.75, 3.05) is 11.9 Å². The Bertz CT molecular complexity index is 1090. The molecule has 160 valence electrons. The number of aliphatic hydroxyl groups is 1. The fraction of sp³-hybridized carbons (Fsp3) is 0.222. The van der Waals surface area contributed by atoms with Crippen LogP contribution in [0.3, 0.4) is 0 Å². The van der Waals surface area contributed by atoms with Crippen LogP contribution in [0, 0.1) is 11.3 Å². The minimum absolute atomic E-state index is 0.219. The second-order valence-electron chi connectivity index (χ2n) is 6.27. The summed E-state index contributed by atoms with van der Waals surface area (Å²) in [6, 6.07) is 9.21. The molecule has 12 heteroatoms. The summed E-state index contributed by atoms with van der Waals surface area (Å²) in [7, 11) is -4.30. The molecule has 2 rings (SSSR count). The summed E-state index contributed by atoms with van der Waals surface area (Å²) < 4.78 is 68.7. The number of carbonyl (C=O) groups is 1. The van der Waals surface area contributed by atoms with Gasteiger partial charge >= 0.3 is 6.18 Å². The van der Waals surface area contributed by atoms with Crippen LogP contribution in [0.1, 0.15) is 18.1 Å². The lowest BCUT2D eigenvalue weighted by Gasteiger charge is -2.22. The van der Waals surface area contributed by atoms with Gasteiger partial charge in [0.25, 0.3) is 16.0 Å². The number of anilines is 1. The van der Waals surface area contributed by atoms with Crippen molar-refractivity contribution in [1.29, 1.82) is 5.26 Å². The van der Waals surface area contributed by atoms with Crippen molar-refractivity contribution in [3.63, 3.8) is 0 Å². The molecule has 0 aliphatic carbocycles. The van der Waals surface area contributed by atoms with Gasteiger partial charge in [0.05, 0.1) is 22.1 Å². The predicted molar refractivity (Wildman–Crippen MR) is 103 cm³/mol. The predicted octanol–water partition coefficient (Wildman–Crippen LogP) is 3.43. The molecule has 0 fully saturated rings. The minimum atomic E-state index is -4.84. The summed E-state index contributed by atoms with van der Waals surface area (Å²) in [4.78, 5) is 12.0. The monoisotopic (exact) mass is 506 g/mol. The van der Waals surface area contributed by atoms with Crippen LogP contribution in [0.25, 0.3) is 0 Å². The molecule has 1 amide bonds. The van der Waals surface area contributed by atoms with E-state index in [-0.39, 0.29) is 10.6 Å². The molecule has 0 heterocycles. The van der Waals surface area contributed by atoms with Crippen molar-refractivity contribution in [1.82, 2.24) is 0 Å². The average molecular weight is 507 g/mol. The smallest absolute Gasteiger partial charge is 0.378 e. The van der Waals surface area contributed by atoms with Gasteiger partial charge in [-0.2, -0.15) is 26.9 Å². The molecule has 0 saturated carbocycles. The van der Waals surface area contributed by atoms with E-state index in [1.165, 1.54) is 30.3 Å². The van der Waals surface area contributed by atoms with Gasteiger partial charge in [0.2, 0.25) is 0 Å². The van der Waals surface area contributed by atoms with Gasteiger partial charge in [0, 0.05) is 10.2 Å². The molecule has 0 aromatic heterocycles. The summed E-state index contributed by atoms with van der Waals surface area (Å²) in [5, 5.41) is 21.1. The van der Waals surface area contributed by atoms with Crippen molar-refractivity contribution in [3.05, 3.63) is 58.1 Å². The lowest BCUT2D eigenvalue weighted by Crippen LogP contribution is -2.44. The molecular formula is C18H14BrF3N2O5S. The van der Waals surface area contributed by atoms with Crippen molar-refractivity contribution in [3.8, 4) is 6.07 Å². The normalized spacial score (nSPS) is 13.9. The number of nitrogens with zero attached hydrogens (tertiary/aromatic N) is 1. The second-order valence-corrected chi connectivity index (χ2v) is 8.80. The first kappa shape index (κ1) is 23.8. The van der Waals surface area contributed by atoms with Gasteiger partial charge in [-0.15, -0.1) is 0 Å². The van der Waals surface area contributed by atoms with Crippen LogP contribution in [0.2, 0.25) is 0 Å². The van der Waals surface area contributed by atoms with Gasteiger partial charge in [-0.3, -0.25) is 8.98 Å². The molecule has 30 heavy (non-hydrogen) atoms. The van der Waals surface area contributed by atoms with Crippen LogP contribution in [0.4, 0.5) is 18.9 Å². The largest absolute Gasteiger partial charge is 0.417 e. The quantitative estimate of drug-likeness (QED) is 0.579. The van der Waals surface area contributed by atoms with Gasteiger partial charge in [0.15, 0.2) is 5.60 Å². The van der Waals surface area contributed by atoms with Crippen molar-refractivity contribution >= 4 is 37.6 Å². The van der Waals surface area contributed by atoms with Crippen LogP contribution in [-0.2, 0) is 25.3 Å². The maximum atomic E-state index is 13.0. The number of nitrogens with one attached hydrogen (secondary N) is 1. The van der Waals surface area contributed by atoms with Crippen molar-refractivity contribution < 1.29 is 35.7 Å². The molecular weight excluding hydrogens is 493 g/mol. The third-order valence-electron chi connectivity index (χ3n) is 3.79. The zero-order valence-electron chi connectivity index (χ0n) is 15.2. The van der Waals surface area contributed by atoms with E-state index in [1.54, 1.807) is 0 Å². The van der Waals surface area contributed by atoms with E-state index >= 15 is 0 Å². The average Bonchev–Trinajstić information content (AvgIpc) is 2.66. The Labute approximate surface area is 178 Å². The summed E-state index contributed by atoms with van der Waals surface area (Å²) in [6.45, 7) is -0.0482. The third-order valence-corrected chi connectivity index (χ3v) is 5.60. The van der Waals surface area contributed by atoms with Crippen molar-refractivity contribution in [2.45, 2.75) is 23.6 Å². The Hall–Kier alpha value is -2.46. The van der Waals surface area contributed by atoms with Crippen LogP contribution in [0.15, 0.2) is 51.8 Å². The number of halogens is 4. The number of nitriles is 1. The van der Waals surface area contributed by atoms with Crippen molar-refractivity contribution in [2.24, 2.45) is 0 Å². The van der Waals surface area contributed by atoms with Crippen LogP contribution in [-0.4, -0.2) is 31.6 Å². The number of hydrogen-bond acceptors (Lipinski definition) is 6. The maximum Gasteiger partial charge on any atom is 0.417 e. The zero-order valence-corrected chi connectivity index (χ0v) is 17.6. The highest BCUT2D eigenvalue weighted by atomic mass is 79.9. The summed E-state index contributed by atoms with van der Waals surface area (Å²) in [6.07, 6.45) is -4.84. The van der Waals surface area contributed by atoms with E-state index in [9.17, 15) is 31.5 Å². The standard InChI is InChI=1S/C18H14BrF3N2O5S/c1-17(26,10-29-30(27,28)14-6-3-12(19)4-7-14)16(25)24-13-5-2-11(9-23)15(8-13)18(20,21)22/h2-8,26H,10H2,1H3,(H,24,25). The molecule has 2 aromatic rings. The number of benzene rings is 2. The molecule has 0 bridgehead atoms. The first-order valence-electron chi connectivity index (χ1n) is 8.06. The fourth-order valence-electron chi connectivity index (χ4n) is 2.15. The molecule has 1 atom stereocenters. The van der Waals surface area contributed by atoms with Gasteiger partial charge in [-0.25, -0.2) is 0 Å². The Kier molecular flexibility index (Phi) is 6.93. The molecule has 0 spiro atoms. The third kappa shape index (κ3) is 5.79. The number of carbonyl (C=O) groups excluding carboxylic acids is 1. The van der Waals surface area contributed by atoms with Crippen LogP contribution < -0.4 is 5.32 Å². The first-order valence-corrected chi connectivity index (χ1v) is 10.3. The maximum absolute atomic E-state index is 13.0. The van der Waals surface area contributed by atoms with E-state index in [0.717, 1.165) is 19.1 Å². The van der Waals surface area contributed by atoms with E-state index < -0.39 is 45.5 Å². The Morgan fingerprint density at radius 2 is 1.83 bits per heavy atom. The highest BCUT2D eigenvalue weighted by Crippen LogP contribution is 2.33. The minimum Gasteiger partial charge on any atom is -0.378 e. The van der Waals surface area contributed by atoms with E-state index in [1.807, 2.05) is 0 Å². The Balaban J connectivity index is 2.14. The second kappa shape index (κ2) is 8.73. The number of rotatable bonds is 6. The van der Waals surface area contributed by atoms with Gasteiger partial charge < -0.3 is 10.4 Å². The van der Waals surface area contributed by atoms with E-state index in [4.69, 9.17) is 9.44 Å². The molecule has 2 aromatic carbocycles. The molecule has 1 unspecified atom stereocenters. The number of alkyl halides is 3. The van der Waals surface area contributed by atoms with E-state index in [2.05, 4.69) is 21.2 Å². The lowest BCUT2D eigenvalue weighted by molar-refractivity contribution is -0.138. The number of hydrogen-bond donors (Lipinski definition) is 2. The van der Waals surface area contributed by atoms with Gasteiger partial charge in [0.1, 0.15) is 6.61 Å². The topological polar surface area (TPSA) is 116 Å². The Morgan fingerprint density at radius 1 is 1.23 bits per heavy atom. The van der Waals surface area contributed by atoms with Crippen LogP contribution in [0.5, 0.6) is 0 Å². The highest BCUT2D eigenvalue weighted by molar-refractivity contribution is 9.10. The van der Waals surface area contributed by atoms with Gasteiger partial charge in [-0.05, 0) is 49.4 Å². The molecule has 0 radical (unpaired) electrons. The fourth-order valence-corrected chi connectivity index (χ4v) is 3.40. The lowest BCUT2D eigenvalue weighted by atomic mass is 10.1. The summed E-state index contributed by atoms with van der Waals surface area (Å²) in [5.74, 6) is -1.20. The highest BCUT2D eigenvalue weighted by Gasteiger charge is 2.36. The molecule has 2 N–H and O–H groups in total. The SMILES string of the molecule is CC(O)(COS(=O)(=O)c1ccc(Br)cc1)C(=O)Nc1ccc(C#N)c(C(F)(F)F)c1. The van der Waals surface area contributed by atoms with Gasteiger partial charge in [-0.1, -0.05) is 15.9 Å². The molecule has 0 saturated heterocycles. The zero-order chi connectivity index (χ0) is 22.7. The molecule has 7 nitrogen and oxygen atoms in total. The molecule has 0 aliphatic heterocycles. The van der Waals surface area contributed by atoms with Crippen LogP contribution >= 0.6 is 15.9 Å². The Morgan fingerprint density at radius 3 is 2.37 bits per heavy atom. The first-order chi connectivity index (χ1) is 13.8. The summed E-state index contributed by atoms with van der Waals surface area (Å²) >= 11 is 3.14. The van der Waals surface area contributed by atoms with E-state index in [0.29, 0.717) is 10.5 Å².